The van der Waals surface area contributed by atoms with Crippen LogP contribution in [0.15, 0.2) is 54.7 Å². The molecule has 39 heavy (non-hydrogen) atoms. The SMILES string of the molecule is CC(=O)c1nccc(Cl)c1CC1c2ccccc2C(=O)N1Cc1ccc2c(c1)nnn2COCC[Si](C)(C)C. The summed E-state index contributed by atoms with van der Waals surface area (Å²) < 4.78 is 7.62. The zero-order chi connectivity index (χ0) is 27.7. The number of hydrogen-bond acceptors (Lipinski definition) is 6. The van der Waals surface area contributed by atoms with Gasteiger partial charge in [0.1, 0.15) is 17.9 Å². The fourth-order valence-corrected chi connectivity index (χ4v) is 5.93. The predicted molar refractivity (Wildman–Crippen MR) is 154 cm³/mol. The zero-order valence-corrected chi connectivity index (χ0v) is 24.4. The molecular weight excluding hydrogens is 530 g/mol. The average Bonchev–Trinajstić information content (AvgIpc) is 3.41. The van der Waals surface area contributed by atoms with Crippen LogP contribution in [-0.4, -0.2) is 51.2 Å². The Balaban J connectivity index is 1.39. The van der Waals surface area contributed by atoms with Crippen LogP contribution in [0.1, 0.15) is 50.5 Å². The van der Waals surface area contributed by atoms with E-state index in [4.69, 9.17) is 16.3 Å². The summed E-state index contributed by atoms with van der Waals surface area (Å²) in [5.41, 5.74) is 5.13. The van der Waals surface area contributed by atoms with Gasteiger partial charge in [0.05, 0.1) is 11.6 Å². The van der Waals surface area contributed by atoms with Crippen LogP contribution in [0.4, 0.5) is 0 Å². The monoisotopic (exact) mass is 561 g/mol. The second-order valence-corrected chi connectivity index (χ2v) is 17.2. The maximum atomic E-state index is 13.6. The van der Waals surface area contributed by atoms with Gasteiger partial charge >= 0.3 is 0 Å². The van der Waals surface area contributed by atoms with Crippen molar-refractivity contribution in [3.63, 3.8) is 0 Å². The number of hydrogen-bond donors (Lipinski definition) is 0. The van der Waals surface area contributed by atoms with Gasteiger partial charge in [-0.2, -0.15) is 0 Å². The Kier molecular flexibility index (Phi) is 7.66. The first-order valence-electron chi connectivity index (χ1n) is 13.1. The highest BCUT2D eigenvalue weighted by atomic mass is 35.5. The molecule has 10 heteroatoms. The van der Waals surface area contributed by atoms with E-state index in [0.29, 0.717) is 48.1 Å². The molecule has 5 rings (SSSR count). The first-order valence-corrected chi connectivity index (χ1v) is 17.1. The molecule has 1 amide bonds. The van der Waals surface area contributed by atoms with E-state index in [1.807, 2.05) is 47.4 Å². The number of rotatable bonds is 10. The third-order valence-corrected chi connectivity index (χ3v) is 9.12. The van der Waals surface area contributed by atoms with Crippen molar-refractivity contribution in [1.29, 1.82) is 0 Å². The van der Waals surface area contributed by atoms with Crippen molar-refractivity contribution in [3.05, 3.63) is 87.7 Å². The number of ketones is 1. The van der Waals surface area contributed by atoms with Gasteiger partial charge < -0.3 is 9.64 Å². The van der Waals surface area contributed by atoms with Gasteiger partial charge in [-0.1, -0.05) is 60.7 Å². The molecule has 1 unspecified atom stereocenters. The summed E-state index contributed by atoms with van der Waals surface area (Å²) in [5, 5.41) is 9.09. The number of ether oxygens (including phenoxy) is 1. The smallest absolute Gasteiger partial charge is 0.255 e. The normalized spacial score (nSPS) is 15.3. The number of nitrogens with zero attached hydrogens (tertiary/aromatic N) is 5. The maximum absolute atomic E-state index is 13.6. The largest absolute Gasteiger partial charge is 0.359 e. The first-order chi connectivity index (χ1) is 18.6. The van der Waals surface area contributed by atoms with Crippen molar-refractivity contribution in [1.82, 2.24) is 24.9 Å². The molecule has 1 aliphatic rings. The lowest BCUT2D eigenvalue weighted by molar-refractivity contribution is 0.0709. The van der Waals surface area contributed by atoms with Crippen LogP contribution >= 0.6 is 11.6 Å². The summed E-state index contributed by atoms with van der Waals surface area (Å²) in [6, 6.07) is 16.0. The van der Waals surface area contributed by atoms with Gasteiger partial charge in [-0.05, 0) is 41.4 Å². The molecule has 1 atom stereocenters. The van der Waals surface area contributed by atoms with E-state index in [-0.39, 0.29) is 17.7 Å². The molecule has 4 aromatic rings. The van der Waals surface area contributed by atoms with Gasteiger partial charge in [-0.15, -0.1) is 5.10 Å². The van der Waals surface area contributed by atoms with E-state index in [1.165, 1.54) is 13.1 Å². The second-order valence-electron chi connectivity index (χ2n) is 11.2. The van der Waals surface area contributed by atoms with E-state index >= 15 is 0 Å². The molecule has 202 valence electrons. The minimum atomic E-state index is -1.16. The number of carbonyl (C=O) groups excluding carboxylic acids is 2. The van der Waals surface area contributed by atoms with Crippen LogP contribution in [-0.2, 0) is 24.4 Å². The molecule has 3 heterocycles. The van der Waals surface area contributed by atoms with Crippen LogP contribution < -0.4 is 0 Å². The molecule has 0 N–H and O–H groups in total. The number of aromatic nitrogens is 4. The fraction of sp³-hybridized carbons (Fsp3) is 0.345. The lowest BCUT2D eigenvalue weighted by Gasteiger charge is -2.26. The summed E-state index contributed by atoms with van der Waals surface area (Å²) in [5.74, 6) is -0.214. The topological polar surface area (TPSA) is 90.2 Å². The Morgan fingerprint density at radius 2 is 1.92 bits per heavy atom. The number of carbonyl (C=O) groups is 2. The minimum Gasteiger partial charge on any atom is -0.359 e. The van der Waals surface area contributed by atoms with Gasteiger partial charge in [-0.25, -0.2) is 4.68 Å². The van der Waals surface area contributed by atoms with Crippen LogP contribution in [0.3, 0.4) is 0 Å². The highest BCUT2D eigenvalue weighted by molar-refractivity contribution is 6.76. The van der Waals surface area contributed by atoms with Crippen LogP contribution in [0.25, 0.3) is 11.0 Å². The molecule has 8 nitrogen and oxygen atoms in total. The molecule has 0 bridgehead atoms. The summed E-state index contributed by atoms with van der Waals surface area (Å²) in [4.78, 5) is 32.0. The number of fused-ring (bicyclic) bond motifs is 2. The van der Waals surface area contributed by atoms with E-state index < -0.39 is 8.07 Å². The lowest BCUT2D eigenvalue weighted by atomic mass is 9.96. The molecule has 0 fully saturated rings. The van der Waals surface area contributed by atoms with E-state index in [2.05, 4.69) is 34.9 Å². The Morgan fingerprint density at radius 1 is 1.13 bits per heavy atom. The molecule has 0 saturated carbocycles. The van der Waals surface area contributed by atoms with Gasteiger partial charge in [0.25, 0.3) is 5.91 Å². The Hall–Kier alpha value is -3.40. The molecule has 1 aliphatic heterocycles. The maximum Gasteiger partial charge on any atom is 0.255 e. The van der Waals surface area contributed by atoms with Crippen LogP contribution in [0, 0.1) is 0 Å². The molecule has 0 spiro atoms. The molecule has 2 aromatic carbocycles. The Labute approximate surface area is 233 Å². The van der Waals surface area contributed by atoms with E-state index in [9.17, 15) is 9.59 Å². The van der Waals surface area contributed by atoms with Crippen molar-refractivity contribution in [2.24, 2.45) is 0 Å². The summed E-state index contributed by atoms with van der Waals surface area (Å²) in [7, 11) is -1.16. The number of pyridine rings is 1. The van der Waals surface area contributed by atoms with Crippen LogP contribution in [0.5, 0.6) is 0 Å². The van der Waals surface area contributed by atoms with E-state index in [0.717, 1.165) is 28.2 Å². The average molecular weight is 562 g/mol. The molecule has 2 aromatic heterocycles. The van der Waals surface area contributed by atoms with Crippen molar-refractivity contribution >= 4 is 42.4 Å². The molecule has 0 saturated heterocycles. The highest BCUT2D eigenvalue weighted by Crippen LogP contribution is 2.39. The Bertz CT molecular complexity index is 1550. The van der Waals surface area contributed by atoms with Crippen molar-refractivity contribution in [3.8, 4) is 0 Å². The third-order valence-electron chi connectivity index (χ3n) is 7.06. The van der Waals surface area contributed by atoms with Gasteiger partial charge in [0.2, 0.25) is 0 Å². The Morgan fingerprint density at radius 3 is 2.69 bits per heavy atom. The van der Waals surface area contributed by atoms with Gasteiger partial charge in [0.15, 0.2) is 5.78 Å². The highest BCUT2D eigenvalue weighted by Gasteiger charge is 2.37. The number of benzene rings is 2. The van der Waals surface area contributed by atoms with Gasteiger partial charge in [-0.3, -0.25) is 14.6 Å². The summed E-state index contributed by atoms with van der Waals surface area (Å²) in [6.45, 7) is 9.89. The standard InChI is InChI=1S/C29H32ClN5O3Si/c1-19(36)28-23(24(30)11-12-31-28)16-27-21-7-5-6-8-22(21)29(37)34(27)17-20-9-10-26-25(15-20)32-33-35(26)18-38-13-14-39(2,3)4/h5-12,15,27H,13-14,16-18H2,1-4H3. The van der Waals surface area contributed by atoms with Crippen molar-refractivity contribution < 1.29 is 14.3 Å². The van der Waals surface area contributed by atoms with Crippen molar-refractivity contribution in [2.75, 3.05) is 6.61 Å². The summed E-state index contributed by atoms with van der Waals surface area (Å²) in [6.07, 6.45) is 1.92. The fourth-order valence-electron chi connectivity index (χ4n) is 4.95. The van der Waals surface area contributed by atoms with Crippen molar-refractivity contribution in [2.45, 2.75) is 58.3 Å². The molecule has 0 aliphatic carbocycles. The number of amides is 1. The predicted octanol–water partition coefficient (Wildman–Crippen LogP) is 5.93. The first kappa shape index (κ1) is 27.2. The molecule has 0 radical (unpaired) electrons. The lowest BCUT2D eigenvalue weighted by Crippen LogP contribution is -2.29. The number of halogens is 1. The van der Waals surface area contributed by atoms with Crippen LogP contribution in [0.2, 0.25) is 30.7 Å². The second kappa shape index (κ2) is 11.0. The molecular formula is C29H32ClN5O3Si. The van der Waals surface area contributed by atoms with E-state index in [1.54, 1.807) is 10.7 Å². The zero-order valence-electron chi connectivity index (χ0n) is 22.6. The minimum absolute atomic E-state index is 0.0560. The number of Topliss-reactive ketones (excluding diaryl/α,β-unsaturated/α-hetero) is 1. The summed E-state index contributed by atoms with van der Waals surface area (Å²) >= 11 is 6.54. The quantitative estimate of drug-likeness (QED) is 0.135. The van der Waals surface area contributed by atoms with Gasteiger partial charge in [0, 0.05) is 56.9 Å². The third kappa shape index (κ3) is 5.80.